The Morgan fingerprint density at radius 3 is 3.00 bits per heavy atom. The highest BCUT2D eigenvalue weighted by molar-refractivity contribution is 7.13. The lowest BCUT2D eigenvalue weighted by Gasteiger charge is -2.26. The van der Waals surface area contributed by atoms with Crippen molar-refractivity contribution in [3.05, 3.63) is 29.9 Å². The molecule has 0 aromatic carbocycles. The largest absolute Gasteiger partial charge is 0.434 e. The predicted octanol–water partition coefficient (Wildman–Crippen LogP) is 1.07. The second-order valence-corrected chi connectivity index (χ2v) is 5.10. The molecular formula is C12H14N4O2S. The minimum absolute atomic E-state index is 0.336. The number of nitrogens with one attached hydrogen (secondary N) is 1. The van der Waals surface area contributed by atoms with Gasteiger partial charge in [0.15, 0.2) is 5.82 Å². The van der Waals surface area contributed by atoms with Gasteiger partial charge in [0.25, 0.3) is 0 Å². The van der Waals surface area contributed by atoms with Crippen molar-refractivity contribution in [1.29, 1.82) is 0 Å². The Hall–Kier alpha value is -1.86. The summed E-state index contributed by atoms with van der Waals surface area (Å²) in [6.07, 6.45) is 2.94. The summed E-state index contributed by atoms with van der Waals surface area (Å²) in [7, 11) is 0. The molecule has 1 aliphatic heterocycles. The van der Waals surface area contributed by atoms with Crippen molar-refractivity contribution in [2.45, 2.75) is 0 Å². The average Bonchev–Trinajstić information content (AvgIpc) is 3.10. The van der Waals surface area contributed by atoms with E-state index in [-0.39, 0.29) is 6.09 Å². The first-order valence-electron chi connectivity index (χ1n) is 6.10. The second-order valence-electron chi connectivity index (χ2n) is 4.15. The molecule has 1 aliphatic rings. The van der Waals surface area contributed by atoms with Gasteiger partial charge < -0.3 is 15.1 Å². The highest BCUT2D eigenvalue weighted by atomic mass is 32.1. The molecule has 0 aliphatic carbocycles. The molecule has 0 spiro atoms. The number of thiophene rings is 1. The van der Waals surface area contributed by atoms with Crippen LogP contribution in [-0.2, 0) is 0 Å². The van der Waals surface area contributed by atoms with Crippen molar-refractivity contribution >= 4 is 17.4 Å². The van der Waals surface area contributed by atoms with Crippen LogP contribution in [0.3, 0.4) is 0 Å². The van der Waals surface area contributed by atoms with Gasteiger partial charge in [0.2, 0.25) is 0 Å². The molecule has 0 atom stereocenters. The molecule has 0 bridgehead atoms. The van der Waals surface area contributed by atoms with Crippen LogP contribution in [0.2, 0.25) is 0 Å². The molecule has 1 amide bonds. The summed E-state index contributed by atoms with van der Waals surface area (Å²) in [5.74, 6) is 0.651. The summed E-state index contributed by atoms with van der Waals surface area (Å²) < 4.78 is 1.43. The Bertz CT molecular complexity index is 546. The third kappa shape index (κ3) is 2.61. The molecule has 2 aromatic rings. The zero-order valence-corrected chi connectivity index (χ0v) is 11.1. The van der Waals surface area contributed by atoms with Crippen LogP contribution in [0, 0.1) is 0 Å². The van der Waals surface area contributed by atoms with Crippen molar-refractivity contribution in [1.82, 2.24) is 19.9 Å². The summed E-state index contributed by atoms with van der Waals surface area (Å²) in [6, 6.07) is 3.89. The fourth-order valence-corrected chi connectivity index (χ4v) is 2.64. The van der Waals surface area contributed by atoms with Crippen LogP contribution in [0.4, 0.5) is 4.79 Å². The molecule has 100 valence electrons. The number of piperazine rings is 1. The SMILES string of the molecule is O=C(On1ccnc1-c1cccs1)N1CCNCC1. The van der Waals surface area contributed by atoms with E-state index < -0.39 is 0 Å². The number of hydrogen-bond donors (Lipinski definition) is 1. The van der Waals surface area contributed by atoms with Gasteiger partial charge in [0.05, 0.1) is 11.1 Å². The zero-order valence-electron chi connectivity index (χ0n) is 10.3. The van der Waals surface area contributed by atoms with E-state index in [0.717, 1.165) is 18.0 Å². The smallest absolute Gasteiger partial charge is 0.315 e. The summed E-state index contributed by atoms with van der Waals surface area (Å²) >= 11 is 1.56. The van der Waals surface area contributed by atoms with E-state index in [0.29, 0.717) is 18.9 Å². The number of imidazole rings is 1. The summed E-state index contributed by atoms with van der Waals surface area (Å²) in [5.41, 5.74) is 0. The minimum atomic E-state index is -0.336. The Morgan fingerprint density at radius 2 is 2.26 bits per heavy atom. The summed E-state index contributed by atoms with van der Waals surface area (Å²) in [5, 5.41) is 5.16. The first kappa shape index (κ1) is 12.2. The molecule has 0 unspecified atom stereocenters. The molecule has 3 heterocycles. The monoisotopic (exact) mass is 278 g/mol. The zero-order chi connectivity index (χ0) is 13.1. The molecule has 1 N–H and O–H groups in total. The lowest BCUT2D eigenvalue weighted by atomic mass is 10.4. The maximum atomic E-state index is 12.0. The maximum Gasteiger partial charge on any atom is 0.434 e. The third-order valence-corrected chi connectivity index (χ3v) is 3.77. The van der Waals surface area contributed by atoms with Crippen molar-refractivity contribution in [3.63, 3.8) is 0 Å². The number of nitrogens with zero attached hydrogens (tertiary/aromatic N) is 3. The standard InChI is InChI=1S/C12H14N4O2S/c17-12(15-6-3-13-4-7-15)18-16-8-5-14-11(16)10-2-1-9-19-10/h1-2,5,8-9,13H,3-4,6-7H2. The molecule has 1 fully saturated rings. The first-order chi connectivity index (χ1) is 9.34. The lowest BCUT2D eigenvalue weighted by molar-refractivity contribution is 0.0896. The lowest BCUT2D eigenvalue weighted by Crippen LogP contribution is -2.48. The molecule has 7 heteroatoms. The molecule has 1 saturated heterocycles. The quantitative estimate of drug-likeness (QED) is 0.892. The Kier molecular flexibility index (Phi) is 3.47. The molecule has 0 radical (unpaired) electrons. The fraction of sp³-hybridized carbons (Fsp3) is 0.333. The van der Waals surface area contributed by atoms with Gasteiger partial charge in [-0.2, -0.15) is 4.73 Å². The topological polar surface area (TPSA) is 59.4 Å². The number of hydrogen-bond acceptors (Lipinski definition) is 5. The highest BCUT2D eigenvalue weighted by Gasteiger charge is 2.19. The summed E-state index contributed by atoms with van der Waals surface area (Å²) in [4.78, 5) is 24.3. The minimum Gasteiger partial charge on any atom is -0.315 e. The van der Waals surface area contributed by atoms with Gasteiger partial charge in [0.1, 0.15) is 0 Å². The van der Waals surface area contributed by atoms with E-state index in [1.165, 1.54) is 4.73 Å². The van der Waals surface area contributed by atoms with Crippen molar-refractivity contribution in [2.24, 2.45) is 0 Å². The van der Waals surface area contributed by atoms with Gasteiger partial charge in [-0.3, -0.25) is 0 Å². The van der Waals surface area contributed by atoms with E-state index >= 15 is 0 Å². The van der Waals surface area contributed by atoms with Crippen LogP contribution in [0.1, 0.15) is 0 Å². The van der Waals surface area contributed by atoms with Crippen LogP contribution in [0.15, 0.2) is 29.9 Å². The maximum absolute atomic E-state index is 12.0. The molecule has 6 nitrogen and oxygen atoms in total. The average molecular weight is 278 g/mol. The van der Waals surface area contributed by atoms with Gasteiger partial charge in [-0.15, -0.1) is 11.3 Å². The van der Waals surface area contributed by atoms with Gasteiger partial charge in [-0.25, -0.2) is 9.78 Å². The molecule has 2 aromatic heterocycles. The molecule has 19 heavy (non-hydrogen) atoms. The van der Waals surface area contributed by atoms with E-state index in [4.69, 9.17) is 4.84 Å². The number of aromatic nitrogens is 2. The number of amides is 1. The third-order valence-electron chi connectivity index (χ3n) is 2.90. The highest BCUT2D eigenvalue weighted by Crippen LogP contribution is 2.22. The summed E-state index contributed by atoms with van der Waals surface area (Å²) in [6.45, 7) is 2.94. The molecule has 0 saturated carbocycles. The van der Waals surface area contributed by atoms with Crippen LogP contribution >= 0.6 is 11.3 Å². The Balaban J connectivity index is 1.73. The number of rotatable bonds is 2. The predicted molar refractivity (Wildman–Crippen MR) is 72.0 cm³/mol. The van der Waals surface area contributed by atoms with Crippen LogP contribution < -0.4 is 10.2 Å². The van der Waals surface area contributed by atoms with Crippen molar-refractivity contribution in [3.8, 4) is 10.7 Å². The van der Waals surface area contributed by atoms with Gasteiger partial charge in [-0.05, 0) is 11.4 Å². The second kappa shape index (κ2) is 5.41. The Labute approximate surface area is 114 Å². The van der Waals surface area contributed by atoms with E-state index in [1.807, 2.05) is 17.5 Å². The van der Waals surface area contributed by atoms with Crippen molar-refractivity contribution in [2.75, 3.05) is 26.2 Å². The first-order valence-corrected chi connectivity index (χ1v) is 6.98. The van der Waals surface area contributed by atoms with E-state index in [2.05, 4.69) is 10.3 Å². The van der Waals surface area contributed by atoms with E-state index in [9.17, 15) is 4.79 Å². The van der Waals surface area contributed by atoms with Crippen LogP contribution in [0.5, 0.6) is 0 Å². The van der Waals surface area contributed by atoms with Crippen LogP contribution in [-0.4, -0.2) is 46.9 Å². The van der Waals surface area contributed by atoms with Gasteiger partial charge in [-0.1, -0.05) is 6.07 Å². The number of carbonyl (C=O) groups is 1. The normalized spacial score (nSPS) is 15.5. The molecular weight excluding hydrogens is 264 g/mol. The molecule has 3 rings (SSSR count). The van der Waals surface area contributed by atoms with Gasteiger partial charge >= 0.3 is 6.09 Å². The number of carbonyl (C=O) groups excluding carboxylic acids is 1. The van der Waals surface area contributed by atoms with Crippen molar-refractivity contribution < 1.29 is 9.63 Å². The van der Waals surface area contributed by atoms with Crippen LogP contribution in [0.25, 0.3) is 10.7 Å². The van der Waals surface area contributed by atoms with E-state index in [1.54, 1.807) is 28.6 Å². The van der Waals surface area contributed by atoms with Gasteiger partial charge in [0, 0.05) is 32.4 Å². The fourth-order valence-electron chi connectivity index (χ4n) is 1.93. The Morgan fingerprint density at radius 1 is 1.42 bits per heavy atom.